The second-order valence-corrected chi connectivity index (χ2v) is 14.2. The molecule has 23 heavy (non-hydrogen) atoms. The van der Waals surface area contributed by atoms with E-state index in [4.69, 9.17) is 14.4 Å². The predicted octanol–water partition coefficient (Wildman–Crippen LogP) is 3.21. The van der Waals surface area contributed by atoms with Crippen molar-refractivity contribution in [1.82, 2.24) is 9.78 Å². The van der Waals surface area contributed by atoms with Gasteiger partial charge >= 0.3 is 7.12 Å². The Morgan fingerprint density at radius 3 is 2.26 bits per heavy atom. The Morgan fingerprint density at radius 2 is 1.70 bits per heavy atom. The van der Waals surface area contributed by atoms with Crippen molar-refractivity contribution in [3.8, 4) is 0 Å². The first-order valence-electron chi connectivity index (χ1n) is 8.30. The Balaban J connectivity index is 1.99. The lowest BCUT2D eigenvalue weighted by Gasteiger charge is -2.32. The van der Waals surface area contributed by atoms with Crippen LogP contribution in [0.15, 0.2) is 24.4 Å². The van der Waals surface area contributed by atoms with Gasteiger partial charge in [-0.3, -0.25) is 4.68 Å². The van der Waals surface area contributed by atoms with Gasteiger partial charge in [0.05, 0.1) is 24.8 Å². The first-order valence-corrected chi connectivity index (χ1v) is 12.0. The molecule has 0 radical (unpaired) electrons. The topological polar surface area (TPSA) is 36.3 Å². The number of fused-ring (bicyclic) bond motifs is 1. The molecule has 0 bridgehead atoms. The first-order chi connectivity index (χ1) is 10.5. The second kappa shape index (κ2) is 5.19. The van der Waals surface area contributed by atoms with Gasteiger partial charge in [0, 0.05) is 17.8 Å². The minimum absolute atomic E-state index is 0.325. The Kier molecular flexibility index (Phi) is 3.78. The molecule has 1 aromatic carbocycles. The van der Waals surface area contributed by atoms with Crippen LogP contribution in [0.4, 0.5) is 0 Å². The van der Waals surface area contributed by atoms with Crippen LogP contribution < -0.4 is 5.46 Å². The summed E-state index contributed by atoms with van der Waals surface area (Å²) in [4.78, 5) is 0. The van der Waals surface area contributed by atoms with E-state index in [-0.39, 0.29) is 18.3 Å². The van der Waals surface area contributed by atoms with E-state index < -0.39 is 8.07 Å². The van der Waals surface area contributed by atoms with Gasteiger partial charge < -0.3 is 9.31 Å². The Hall–Kier alpha value is -1.11. The zero-order chi connectivity index (χ0) is 17.0. The summed E-state index contributed by atoms with van der Waals surface area (Å²) in [5, 5.41) is 5.87. The Bertz CT molecular complexity index is 718. The fourth-order valence-electron chi connectivity index (χ4n) is 2.86. The fraction of sp³-hybridized carbons (Fsp3) is 0.588. The van der Waals surface area contributed by atoms with E-state index in [1.165, 1.54) is 0 Å². The van der Waals surface area contributed by atoms with Gasteiger partial charge in [-0.05, 0) is 39.2 Å². The lowest BCUT2D eigenvalue weighted by molar-refractivity contribution is 0.00578. The first kappa shape index (κ1) is 16.7. The highest BCUT2D eigenvalue weighted by atomic mass is 28.3. The quantitative estimate of drug-likeness (QED) is 0.811. The van der Waals surface area contributed by atoms with E-state index in [0.717, 1.165) is 22.5 Å². The van der Waals surface area contributed by atoms with E-state index >= 15 is 0 Å². The van der Waals surface area contributed by atoms with Crippen molar-refractivity contribution in [3.63, 3.8) is 0 Å². The molecule has 1 fully saturated rings. The summed E-state index contributed by atoms with van der Waals surface area (Å²) in [5.74, 6) is 0. The zero-order valence-corrected chi connectivity index (χ0v) is 16.3. The van der Waals surface area contributed by atoms with Crippen molar-refractivity contribution in [2.75, 3.05) is 0 Å². The molecule has 4 nitrogen and oxygen atoms in total. The molecule has 6 heteroatoms. The van der Waals surface area contributed by atoms with Crippen LogP contribution in [-0.4, -0.2) is 36.2 Å². The summed E-state index contributed by atoms with van der Waals surface area (Å²) in [6.07, 6.45) is 3.17. The molecule has 2 aromatic rings. The minimum atomic E-state index is -1.22. The number of hydrogen-bond donors (Lipinski definition) is 0. The molecule has 1 aliphatic rings. The second-order valence-electron chi connectivity index (χ2n) is 8.76. The van der Waals surface area contributed by atoms with Gasteiger partial charge in [-0.15, -0.1) is 0 Å². The fourth-order valence-corrected chi connectivity index (χ4v) is 3.99. The van der Waals surface area contributed by atoms with Crippen LogP contribution in [0.1, 0.15) is 27.7 Å². The van der Waals surface area contributed by atoms with Gasteiger partial charge in [0.1, 0.15) is 0 Å². The summed E-state index contributed by atoms with van der Waals surface area (Å²) in [5.41, 5.74) is 1.43. The van der Waals surface area contributed by atoms with Crippen LogP contribution in [-0.2, 0) is 15.5 Å². The molecule has 1 aliphatic heterocycles. The van der Waals surface area contributed by atoms with Gasteiger partial charge in [-0.1, -0.05) is 31.8 Å². The number of aromatic nitrogens is 2. The van der Waals surface area contributed by atoms with Crippen molar-refractivity contribution in [3.05, 3.63) is 24.4 Å². The van der Waals surface area contributed by atoms with Crippen molar-refractivity contribution in [2.45, 2.75) is 64.7 Å². The summed E-state index contributed by atoms with van der Waals surface area (Å²) in [6, 6.07) is 6.18. The SMILES string of the molecule is CC1(C)OB(c2cccc3nn(C[Si](C)(C)C)cc23)OC1(C)C. The standard InChI is InChI=1S/C17H27BN2O2Si/c1-16(2)17(3,4)22-18(21-16)14-9-8-10-15-13(14)11-20(19-15)12-23(5,6)7/h8-11H,12H2,1-7H3. The zero-order valence-electron chi connectivity index (χ0n) is 15.3. The lowest BCUT2D eigenvalue weighted by Crippen LogP contribution is -2.41. The number of hydrogen-bond acceptors (Lipinski definition) is 3. The Labute approximate surface area is 140 Å². The van der Waals surface area contributed by atoms with E-state index in [2.05, 4.69) is 70.3 Å². The molecule has 0 spiro atoms. The molecule has 1 saturated heterocycles. The van der Waals surface area contributed by atoms with Crippen LogP contribution in [0.25, 0.3) is 10.9 Å². The largest absolute Gasteiger partial charge is 0.495 e. The molecular formula is C17H27BN2O2Si. The van der Waals surface area contributed by atoms with E-state index in [9.17, 15) is 0 Å². The number of rotatable bonds is 3. The van der Waals surface area contributed by atoms with Crippen LogP contribution in [0.3, 0.4) is 0 Å². The van der Waals surface area contributed by atoms with Gasteiger partial charge in [0.2, 0.25) is 0 Å². The van der Waals surface area contributed by atoms with Gasteiger partial charge in [-0.25, -0.2) is 0 Å². The number of nitrogens with zero attached hydrogens (tertiary/aromatic N) is 2. The highest BCUT2D eigenvalue weighted by Crippen LogP contribution is 2.36. The molecule has 0 aliphatic carbocycles. The Morgan fingerprint density at radius 1 is 1.09 bits per heavy atom. The molecule has 124 valence electrons. The third-order valence-corrected chi connectivity index (χ3v) is 6.05. The van der Waals surface area contributed by atoms with Crippen molar-refractivity contribution in [1.29, 1.82) is 0 Å². The molecule has 0 amide bonds. The van der Waals surface area contributed by atoms with Gasteiger partial charge in [0.25, 0.3) is 0 Å². The van der Waals surface area contributed by atoms with Gasteiger partial charge in [0.15, 0.2) is 0 Å². The number of benzene rings is 1. The molecule has 0 saturated carbocycles. The van der Waals surface area contributed by atoms with Crippen molar-refractivity contribution >= 4 is 31.6 Å². The third kappa shape index (κ3) is 3.12. The molecule has 0 unspecified atom stereocenters. The molecule has 0 N–H and O–H groups in total. The van der Waals surface area contributed by atoms with E-state index in [0.29, 0.717) is 0 Å². The maximum Gasteiger partial charge on any atom is 0.495 e. The maximum absolute atomic E-state index is 6.22. The molecule has 1 aromatic heterocycles. The normalized spacial score (nSPS) is 20.4. The van der Waals surface area contributed by atoms with E-state index in [1.54, 1.807) is 0 Å². The van der Waals surface area contributed by atoms with Crippen LogP contribution in [0.5, 0.6) is 0 Å². The van der Waals surface area contributed by atoms with Gasteiger partial charge in [-0.2, -0.15) is 5.10 Å². The van der Waals surface area contributed by atoms with Crippen molar-refractivity contribution in [2.24, 2.45) is 0 Å². The predicted molar refractivity (Wildman–Crippen MR) is 98.8 cm³/mol. The van der Waals surface area contributed by atoms with Crippen LogP contribution >= 0.6 is 0 Å². The molecule has 0 atom stereocenters. The molecular weight excluding hydrogens is 303 g/mol. The highest BCUT2D eigenvalue weighted by Gasteiger charge is 2.52. The summed E-state index contributed by atoms with van der Waals surface area (Å²) < 4.78 is 14.5. The minimum Gasteiger partial charge on any atom is -0.399 e. The third-order valence-electron chi connectivity index (χ3n) is 4.77. The summed E-state index contributed by atoms with van der Waals surface area (Å²) in [7, 11) is -1.56. The summed E-state index contributed by atoms with van der Waals surface area (Å²) >= 11 is 0. The molecule has 3 rings (SSSR count). The average Bonchev–Trinajstić information content (AvgIpc) is 2.84. The van der Waals surface area contributed by atoms with Crippen LogP contribution in [0.2, 0.25) is 19.6 Å². The van der Waals surface area contributed by atoms with Crippen LogP contribution in [0, 0.1) is 0 Å². The van der Waals surface area contributed by atoms with Crippen molar-refractivity contribution < 1.29 is 9.31 Å². The monoisotopic (exact) mass is 330 g/mol. The lowest BCUT2D eigenvalue weighted by atomic mass is 9.77. The maximum atomic E-state index is 6.22. The average molecular weight is 330 g/mol. The summed E-state index contributed by atoms with van der Waals surface area (Å²) in [6.45, 7) is 15.4. The molecule has 2 heterocycles. The van der Waals surface area contributed by atoms with E-state index in [1.807, 2.05) is 6.07 Å². The highest BCUT2D eigenvalue weighted by molar-refractivity contribution is 6.75. The smallest absolute Gasteiger partial charge is 0.399 e.